The molecule has 0 aliphatic heterocycles. The molecule has 0 spiro atoms. The Morgan fingerprint density at radius 2 is 2.33 bits per heavy atom. The predicted octanol–water partition coefficient (Wildman–Crippen LogP) is 0.170. The van der Waals surface area contributed by atoms with Crippen molar-refractivity contribution in [1.82, 2.24) is 29.9 Å². The minimum Gasteiger partial charge on any atom is -0.384 e. The van der Waals surface area contributed by atoms with Crippen LogP contribution in [-0.4, -0.2) is 30.5 Å². The number of nitrogen functional groups attached to an aromatic ring is 1. The van der Waals surface area contributed by atoms with E-state index < -0.39 is 0 Å². The van der Waals surface area contributed by atoms with Crippen LogP contribution in [0.25, 0.3) is 0 Å². The Morgan fingerprint density at radius 1 is 1.57 bits per heavy atom. The highest BCUT2D eigenvalue weighted by molar-refractivity contribution is 5.76. The maximum absolute atomic E-state index is 12.2. The molecule has 8 nitrogen and oxygen atoms in total. The fourth-order valence-electron chi connectivity index (χ4n) is 2.46. The molecule has 0 bridgehead atoms. The van der Waals surface area contributed by atoms with Crippen molar-refractivity contribution < 1.29 is 4.79 Å². The van der Waals surface area contributed by atoms with Gasteiger partial charge in [-0.15, -0.1) is 0 Å². The largest absolute Gasteiger partial charge is 0.384 e. The van der Waals surface area contributed by atoms with Crippen molar-refractivity contribution in [2.24, 2.45) is 13.0 Å². The fraction of sp³-hybridized carbons (Fsp3) is 0.538. The quantitative estimate of drug-likeness (QED) is 0.816. The SMILES string of the molecule is Cc1cc(N)n(CC(=O)N[C@H](c2ncnn2C)C2CC2)n1. The molecule has 2 heterocycles. The van der Waals surface area contributed by atoms with Crippen molar-refractivity contribution in [1.29, 1.82) is 0 Å². The van der Waals surface area contributed by atoms with E-state index in [1.54, 1.807) is 10.7 Å². The zero-order valence-electron chi connectivity index (χ0n) is 12.2. The first-order valence-electron chi connectivity index (χ1n) is 6.98. The standard InChI is InChI=1S/C13H19N7O/c1-8-5-10(14)20(18-8)6-11(21)17-12(9-3-4-9)13-15-7-16-19(13)2/h5,7,9,12H,3-4,6,14H2,1-2H3,(H,17,21)/t12-/m0/s1. The molecule has 3 rings (SSSR count). The molecule has 1 amide bonds. The third-order valence-electron chi connectivity index (χ3n) is 3.66. The van der Waals surface area contributed by atoms with Gasteiger partial charge in [-0.3, -0.25) is 9.48 Å². The number of nitrogens with one attached hydrogen (secondary N) is 1. The van der Waals surface area contributed by atoms with Gasteiger partial charge in [0.05, 0.1) is 11.7 Å². The van der Waals surface area contributed by atoms with Gasteiger partial charge in [-0.25, -0.2) is 9.67 Å². The number of aromatic nitrogens is 5. The lowest BCUT2D eigenvalue weighted by atomic mass is 10.1. The summed E-state index contributed by atoms with van der Waals surface area (Å²) in [5, 5.41) is 11.3. The first kappa shape index (κ1) is 13.6. The normalized spacial score (nSPS) is 15.9. The average Bonchev–Trinajstić information content (AvgIpc) is 3.10. The van der Waals surface area contributed by atoms with Crippen molar-refractivity contribution in [2.75, 3.05) is 5.73 Å². The molecule has 2 aromatic rings. The Bertz CT molecular complexity index is 655. The van der Waals surface area contributed by atoms with E-state index in [0.29, 0.717) is 11.7 Å². The van der Waals surface area contributed by atoms with Gasteiger partial charge in [-0.2, -0.15) is 10.2 Å². The highest BCUT2D eigenvalue weighted by Crippen LogP contribution is 2.40. The van der Waals surface area contributed by atoms with E-state index in [-0.39, 0.29) is 18.5 Å². The second-order valence-electron chi connectivity index (χ2n) is 5.49. The van der Waals surface area contributed by atoms with Crippen molar-refractivity contribution in [3.8, 4) is 0 Å². The van der Waals surface area contributed by atoms with Gasteiger partial charge < -0.3 is 11.1 Å². The van der Waals surface area contributed by atoms with Crippen LogP contribution >= 0.6 is 0 Å². The molecule has 0 aromatic carbocycles. The van der Waals surface area contributed by atoms with E-state index in [1.165, 1.54) is 11.0 Å². The van der Waals surface area contributed by atoms with Crippen LogP contribution in [0.15, 0.2) is 12.4 Å². The average molecular weight is 289 g/mol. The maximum atomic E-state index is 12.2. The lowest BCUT2D eigenvalue weighted by molar-refractivity contribution is -0.122. The summed E-state index contributed by atoms with van der Waals surface area (Å²) in [7, 11) is 1.83. The van der Waals surface area contributed by atoms with E-state index in [4.69, 9.17) is 5.73 Å². The number of amides is 1. The second-order valence-corrected chi connectivity index (χ2v) is 5.49. The smallest absolute Gasteiger partial charge is 0.242 e. The number of hydrogen-bond donors (Lipinski definition) is 2. The number of hydrogen-bond acceptors (Lipinski definition) is 5. The number of carbonyl (C=O) groups is 1. The van der Waals surface area contributed by atoms with Gasteiger partial charge in [-0.1, -0.05) is 0 Å². The highest BCUT2D eigenvalue weighted by Gasteiger charge is 2.36. The van der Waals surface area contributed by atoms with E-state index in [1.807, 2.05) is 14.0 Å². The van der Waals surface area contributed by atoms with Gasteiger partial charge in [0.25, 0.3) is 0 Å². The van der Waals surface area contributed by atoms with Gasteiger partial charge in [0.2, 0.25) is 5.91 Å². The van der Waals surface area contributed by atoms with Crippen LogP contribution in [0, 0.1) is 12.8 Å². The van der Waals surface area contributed by atoms with Crippen molar-refractivity contribution in [2.45, 2.75) is 32.4 Å². The lowest BCUT2D eigenvalue weighted by Crippen LogP contribution is -2.34. The molecular weight excluding hydrogens is 270 g/mol. The van der Waals surface area contributed by atoms with Crippen LogP contribution < -0.4 is 11.1 Å². The third kappa shape index (κ3) is 2.88. The summed E-state index contributed by atoms with van der Waals surface area (Å²) < 4.78 is 3.21. The molecule has 2 aromatic heterocycles. The Labute approximate surface area is 122 Å². The van der Waals surface area contributed by atoms with E-state index in [9.17, 15) is 4.79 Å². The summed E-state index contributed by atoms with van der Waals surface area (Å²) in [6.45, 7) is 1.96. The number of nitrogens with zero attached hydrogens (tertiary/aromatic N) is 5. The zero-order chi connectivity index (χ0) is 15.0. The molecule has 0 radical (unpaired) electrons. The van der Waals surface area contributed by atoms with Gasteiger partial charge >= 0.3 is 0 Å². The summed E-state index contributed by atoms with van der Waals surface area (Å²) in [5.41, 5.74) is 6.60. The number of nitrogens with two attached hydrogens (primary N) is 1. The molecule has 8 heteroatoms. The van der Waals surface area contributed by atoms with Crippen LogP contribution in [0.1, 0.15) is 30.4 Å². The van der Waals surface area contributed by atoms with Gasteiger partial charge in [0, 0.05) is 13.1 Å². The van der Waals surface area contributed by atoms with Crippen LogP contribution in [0.3, 0.4) is 0 Å². The Kier molecular flexibility index (Phi) is 3.36. The van der Waals surface area contributed by atoms with Crippen molar-refractivity contribution in [3.63, 3.8) is 0 Å². The molecule has 21 heavy (non-hydrogen) atoms. The minimum atomic E-state index is -0.121. The van der Waals surface area contributed by atoms with Crippen molar-refractivity contribution in [3.05, 3.63) is 23.9 Å². The minimum absolute atomic E-state index is 0.0946. The van der Waals surface area contributed by atoms with E-state index in [2.05, 4.69) is 20.5 Å². The van der Waals surface area contributed by atoms with Gasteiger partial charge in [0.1, 0.15) is 24.5 Å². The Morgan fingerprint density at radius 3 is 2.86 bits per heavy atom. The van der Waals surface area contributed by atoms with E-state index in [0.717, 1.165) is 24.4 Å². The molecular formula is C13H19N7O. The summed E-state index contributed by atoms with van der Waals surface area (Å²) in [4.78, 5) is 16.5. The Balaban J connectivity index is 1.70. The molecule has 1 aliphatic carbocycles. The molecule has 1 fully saturated rings. The summed E-state index contributed by atoms with van der Waals surface area (Å²) in [6.07, 6.45) is 3.70. The number of rotatable bonds is 5. The van der Waals surface area contributed by atoms with Gasteiger partial charge in [0.15, 0.2) is 0 Å². The summed E-state index contributed by atoms with van der Waals surface area (Å²) >= 11 is 0. The summed E-state index contributed by atoms with van der Waals surface area (Å²) in [5.74, 6) is 1.60. The lowest BCUT2D eigenvalue weighted by Gasteiger charge is -2.17. The van der Waals surface area contributed by atoms with Crippen LogP contribution in [0.4, 0.5) is 5.82 Å². The zero-order valence-corrected chi connectivity index (χ0v) is 12.2. The second kappa shape index (κ2) is 5.19. The third-order valence-corrected chi connectivity index (χ3v) is 3.66. The molecule has 3 N–H and O–H groups in total. The molecule has 0 unspecified atom stereocenters. The number of anilines is 1. The Hall–Kier alpha value is -2.38. The van der Waals surface area contributed by atoms with Crippen LogP contribution in [0.5, 0.6) is 0 Å². The predicted molar refractivity (Wildman–Crippen MR) is 76.0 cm³/mol. The molecule has 0 saturated heterocycles. The fourth-order valence-corrected chi connectivity index (χ4v) is 2.46. The highest BCUT2D eigenvalue weighted by atomic mass is 16.2. The topological polar surface area (TPSA) is 104 Å². The first-order chi connectivity index (χ1) is 10.0. The van der Waals surface area contributed by atoms with Crippen LogP contribution in [0.2, 0.25) is 0 Å². The number of carbonyl (C=O) groups excluding carboxylic acids is 1. The first-order valence-corrected chi connectivity index (χ1v) is 6.98. The molecule has 1 saturated carbocycles. The summed E-state index contributed by atoms with van der Waals surface area (Å²) in [6, 6.07) is 1.65. The molecule has 112 valence electrons. The number of aryl methyl sites for hydroxylation is 2. The molecule has 1 atom stereocenters. The van der Waals surface area contributed by atoms with Crippen molar-refractivity contribution >= 4 is 11.7 Å². The maximum Gasteiger partial charge on any atom is 0.242 e. The van der Waals surface area contributed by atoms with E-state index >= 15 is 0 Å². The monoisotopic (exact) mass is 289 g/mol. The van der Waals surface area contributed by atoms with Gasteiger partial charge in [-0.05, 0) is 25.7 Å². The van der Waals surface area contributed by atoms with Crippen LogP contribution in [-0.2, 0) is 18.4 Å². The molecule has 1 aliphatic rings.